The van der Waals surface area contributed by atoms with Crippen molar-refractivity contribution in [3.8, 4) is 6.07 Å². The molecule has 1 amide bonds. The van der Waals surface area contributed by atoms with E-state index in [4.69, 9.17) is 10.00 Å². The lowest BCUT2D eigenvalue weighted by Crippen LogP contribution is -2.50. The highest BCUT2D eigenvalue weighted by Gasteiger charge is 2.30. The summed E-state index contributed by atoms with van der Waals surface area (Å²) < 4.78 is 4.83. The van der Waals surface area contributed by atoms with Crippen molar-refractivity contribution < 1.29 is 19.2 Å². The molecule has 8 nitrogen and oxygen atoms in total. The van der Waals surface area contributed by atoms with Crippen molar-refractivity contribution in [1.29, 1.82) is 5.26 Å². The summed E-state index contributed by atoms with van der Waals surface area (Å²) in [5.41, 5.74) is -1.12. The quantitative estimate of drug-likeness (QED) is 0.484. The third-order valence-corrected chi connectivity index (χ3v) is 3.43. The van der Waals surface area contributed by atoms with Gasteiger partial charge >= 0.3 is 5.97 Å². The number of non-ortho nitro benzene ring substituents is 1. The van der Waals surface area contributed by atoms with Crippen LogP contribution in [0.2, 0.25) is 0 Å². The van der Waals surface area contributed by atoms with Crippen LogP contribution in [0.5, 0.6) is 0 Å². The highest BCUT2D eigenvalue weighted by Crippen LogP contribution is 2.15. The molecule has 0 aliphatic heterocycles. The zero-order valence-electron chi connectivity index (χ0n) is 13.0. The van der Waals surface area contributed by atoms with Gasteiger partial charge in [0.15, 0.2) is 6.61 Å². The Hall–Kier alpha value is -2.95. The van der Waals surface area contributed by atoms with Gasteiger partial charge in [0.25, 0.3) is 11.6 Å². The number of hydrogen-bond acceptors (Lipinski definition) is 6. The maximum absolute atomic E-state index is 11.8. The van der Waals surface area contributed by atoms with Gasteiger partial charge < -0.3 is 10.1 Å². The van der Waals surface area contributed by atoms with Crippen molar-refractivity contribution in [2.24, 2.45) is 5.92 Å². The lowest BCUT2D eigenvalue weighted by atomic mass is 9.90. The summed E-state index contributed by atoms with van der Waals surface area (Å²) in [5.74, 6) is -1.50. The molecule has 0 aliphatic rings. The third-order valence-electron chi connectivity index (χ3n) is 3.43. The van der Waals surface area contributed by atoms with E-state index < -0.39 is 28.9 Å². The number of ether oxygens (including phenoxy) is 1. The first kappa shape index (κ1) is 18.1. The van der Waals surface area contributed by atoms with E-state index in [9.17, 15) is 19.7 Å². The number of nitrogens with one attached hydrogen (secondary N) is 1. The fourth-order valence-corrected chi connectivity index (χ4v) is 1.56. The van der Waals surface area contributed by atoms with Crippen LogP contribution in [-0.2, 0) is 9.53 Å². The Bertz CT molecular complexity index is 648. The molecule has 0 aliphatic carbocycles. The average Bonchev–Trinajstić information content (AvgIpc) is 2.52. The number of carbonyl (C=O) groups is 2. The fraction of sp³-hybridized carbons (Fsp3) is 0.400. The number of benzene rings is 1. The SMILES string of the molecule is CC(C)[C@@](C)(C#N)NC(=O)COC(=O)c1ccc([N+](=O)[O-])cc1. The normalized spacial score (nSPS) is 12.8. The summed E-state index contributed by atoms with van der Waals surface area (Å²) >= 11 is 0. The average molecular weight is 319 g/mol. The second-order valence-corrected chi connectivity index (χ2v) is 5.40. The van der Waals surface area contributed by atoms with Gasteiger partial charge in [0.2, 0.25) is 0 Å². The number of nitrogens with zero attached hydrogens (tertiary/aromatic N) is 2. The number of nitro benzene ring substituents is 1. The Kier molecular flexibility index (Phi) is 5.79. The molecule has 1 N–H and O–H groups in total. The highest BCUT2D eigenvalue weighted by molar-refractivity contribution is 5.91. The van der Waals surface area contributed by atoms with Crippen LogP contribution < -0.4 is 5.32 Å². The number of carbonyl (C=O) groups excluding carboxylic acids is 2. The molecule has 0 saturated carbocycles. The first-order valence-electron chi connectivity index (χ1n) is 6.83. The topological polar surface area (TPSA) is 122 Å². The first-order valence-corrected chi connectivity index (χ1v) is 6.83. The number of hydrogen-bond donors (Lipinski definition) is 1. The second kappa shape index (κ2) is 7.35. The van der Waals surface area contributed by atoms with Crippen molar-refractivity contribution in [1.82, 2.24) is 5.32 Å². The molecule has 1 aromatic carbocycles. The van der Waals surface area contributed by atoms with Gasteiger partial charge in [0.05, 0.1) is 16.6 Å². The predicted octanol–water partition coefficient (Wildman–Crippen LogP) is 1.81. The number of amides is 1. The predicted molar refractivity (Wildman–Crippen MR) is 80.4 cm³/mol. The van der Waals surface area contributed by atoms with Crippen LogP contribution in [0, 0.1) is 27.4 Å². The van der Waals surface area contributed by atoms with E-state index in [1.165, 1.54) is 24.3 Å². The summed E-state index contributed by atoms with van der Waals surface area (Å²) in [6, 6.07) is 6.83. The fourth-order valence-electron chi connectivity index (χ4n) is 1.56. The monoisotopic (exact) mass is 319 g/mol. The molecule has 8 heteroatoms. The molecule has 1 aromatic rings. The van der Waals surface area contributed by atoms with Crippen molar-refractivity contribution in [2.45, 2.75) is 26.3 Å². The van der Waals surface area contributed by atoms with Gasteiger partial charge in [0, 0.05) is 12.1 Å². The lowest BCUT2D eigenvalue weighted by Gasteiger charge is -2.27. The molecule has 0 fully saturated rings. The van der Waals surface area contributed by atoms with Crippen LogP contribution in [-0.4, -0.2) is 28.9 Å². The van der Waals surface area contributed by atoms with Gasteiger partial charge in [-0.15, -0.1) is 0 Å². The zero-order valence-corrected chi connectivity index (χ0v) is 13.0. The largest absolute Gasteiger partial charge is 0.452 e. The molecule has 0 saturated heterocycles. The number of nitriles is 1. The van der Waals surface area contributed by atoms with Gasteiger partial charge in [0.1, 0.15) is 5.54 Å². The molecule has 0 radical (unpaired) electrons. The van der Waals surface area contributed by atoms with Crippen LogP contribution in [0.1, 0.15) is 31.1 Å². The number of esters is 1. The van der Waals surface area contributed by atoms with Crippen molar-refractivity contribution >= 4 is 17.6 Å². The van der Waals surface area contributed by atoms with Crippen molar-refractivity contribution in [3.05, 3.63) is 39.9 Å². The van der Waals surface area contributed by atoms with Crippen LogP contribution in [0.25, 0.3) is 0 Å². The zero-order chi connectivity index (χ0) is 17.6. The van der Waals surface area contributed by atoms with Crippen LogP contribution in [0.4, 0.5) is 5.69 Å². The molecule has 0 spiro atoms. The maximum atomic E-state index is 11.8. The van der Waals surface area contributed by atoms with Gasteiger partial charge in [-0.1, -0.05) is 13.8 Å². The number of nitro groups is 1. The summed E-state index contributed by atoms with van der Waals surface area (Å²) in [5, 5.41) is 22.1. The van der Waals surface area contributed by atoms with Gasteiger partial charge in [-0.3, -0.25) is 14.9 Å². The molecular formula is C15H17N3O5. The minimum Gasteiger partial charge on any atom is -0.452 e. The van der Waals surface area contributed by atoms with E-state index in [1.807, 2.05) is 6.07 Å². The second-order valence-electron chi connectivity index (χ2n) is 5.40. The van der Waals surface area contributed by atoms with Gasteiger partial charge in [-0.2, -0.15) is 5.26 Å². The highest BCUT2D eigenvalue weighted by atomic mass is 16.6. The van der Waals surface area contributed by atoms with Crippen molar-refractivity contribution in [3.63, 3.8) is 0 Å². The molecule has 0 bridgehead atoms. The third kappa shape index (κ3) is 4.78. The molecule has 122 valence electrons. The Labute approximate surface area is 133 Å². The molecule has 0 aromatic heterocycles. The van der Waals surface area contributed by atoms with E-state index in [2.05, 4.69) is 5.32 Å². The summed E-state index contributed by atoms with van der Waals surface area (Å²) in [7, 11) is 0. The molecule has 23 heavy (non-hydrogen) atoms. The Morgan fingerprint density at radius 1 is 1.39 bits per heavy atom. The summed E-state index contributed by atoms with van der Waals surface area (Å²) in [6.45, 7) is 4.60. The first-order chi connectivity index (χ1) is 10.7. The van der Waals surface area contributed by atoms with Crippen molar-refractivity contribution in [2.75, 3.05) is 6.61 Å². The molecule has 1 atom stereocenters. The minimum atomic E-state index is -1.06. The van der Waals surface area contributed by atoms with Crippen LogP contribution in [0.15, 0.2) is 24.3 Å². The standard InChI is InChI=1S/C15H17N3O5/c1-10(2)15(3,9-16)17-13(19)8-23-14(20)11-4-6-12(7-5-11)18(21)22/h4-7,10H,8H2,1-3H3,(H,17,19)/t15-/m1/s1. The van der Waals surface area contributed by atoms with E-state index in [-0.39, 0.29) is 17.2 Å². The molecule has 0 heterocycles. The lowest BCUT2D eigenvalue weighted by molar-refractivity contribution is -0.384. The Morgan fingerprint density at radius 2 is 1.96 bits per heavy atom. The molecular weight excluding hydrogens is 302 g/mol. The van der Waals surface area contributed by atoms with Crippen LogP contribution in [0.3, 0.4) is 0 Å². The number of rotatable bonds is 6. The van der Waals surface area contributed by atoms with E-state index >= 15 is 0 Å². The van der Waals surface area contributed by atoms with Gasteiger partial charge in [-0.05, 0) is 25.0 Å². The molecule has 1 rings (SSSR count). The molecule has 0 unspecified atom stereocenters. The van der Waals surface area contributed by atoms with Crippen LogP contribution >= 0.6 is 0 Å². The minimum absolute atomic E-state index is 0.0929. The smallest absolute Gasteiger partial charge is 0.338 e. The van der Waals surface area contributed by atoms with E-state index in [0.717, 1.165) is 0 Å². The Morgan fingerprint density at radius 3 is 2.39 bits per heavy atom. The Balaban J connectivity index is 2.61. The summed E-state index contributed by atoms with van der Waals surface area (Å²) in [4.78, 5) is 33.5. The maximum Gasteiger partial charge on any atom is 0.338 e. The van der Waals surface area contributed by atoms with E-state index in [0.29, 0.717) is 0 Å². The van der Waals surface area contributed by atoms with Gasteiger partial charge in [-0.25, -0.2) is 4.79 Å². The summed E-state index contributed by atoms with van der Waals surface area (Å²) in [6.07, 6.45) is 0. The van der Waals surface area contributed by atoms with E-state index in [1.54, 1.807) is 20.8 Å².